The molecule has 0 radical (unpaired) electrons. The van der Waals surface area contributed by atoms with Crippen molar-refractivity contribution in [3.8, 4) is 0 Å². The lowest BCUT2D eigenvalue weighted by Crippen LogP contribution is -2.45. The Kier molecular flexibility index (Phi) is 64.9. The first-order valence-electron chi connectivity index (χ1n) is 34.9. The number of carbonyl (C=O) groups is 2. The molecule has 0 bridgehead atoms. The Bertz CT molecular complexity index is 1140. The minimum absolute atomic E-state index is 0.0234. The molecule has 76 heavy (non-hydrogen) atoms. The Morgan fingerprint density at radius 3 is 0.934 bits per heavy atom. The number of ether oxygens (including phenoxy) is 1. The van der Waals surface area contributed by atoms with Gasteiger partial charge in [0.05, 0.1) is 25.4 Å². The van der Waals surface area contributed by atoms with Crippen LogP contribution in [0.1, 0.15) is 399 Å². The molecule has 0 aromatic heterocycles. The monoisotopic (exact) mass is 1070 g/mol. The van der Waals surface area contributed by atoms with Crippen LogP contribution in [0.15, 0.2) is 12.2 Å². The van der Waals surface area contributed by atoms with Crippen LogP contribution in [0.3, 0.4) is 0 Å². The van der Waals surface area contributed by atoms with Gasteiger partial charge >= 0.3 is 5.97 Å². The summed E-state index contributed by atoms with van der Waals surface area (Å²) in [5.74, 6) is -0.00887. The molecule has 0 rings (SSSR count). The van der Waals surface area contributed by atoms with E-state index in [-0.39, 0.29) is 18.5 Å². The van der Waals surface area contributed by atoms with Crippen molar-refractivity contribution in [3.63, 3.8) is 0 Å². The topological polar surface area (TPSA) is 95.9 Å². The third kappa shape index (κ3) is 61.8. The lowest BCUT2D eigenvalue weighted by Gasteiger charge is -2.22. The van der Waals surface area contributed by atoms with Crippen LogP contribution < -0.4 is 5.32 Å². The Hall–Kier alpha value is -1.40. The zero-order valence-corrected chi connectivity index (χ0v) is 51.8. The van der Waals surface area contributed by atoms with Crippen molar-refractivity contribution in [2.75, 3.05) is 13.2 Å². The molecule has 1 amide bonds. The van der Waals surface area contributed by atoms with Crippen LogP contribution in [0.5, 0.6) is 0 Å². The maximum atomic E-state index is 12.4. The fourth-order valence-corrected chi connectivity index (χ4v) is 11.2. The number of esters is 1. The third-order valence-electron chi connectivity index (χ3n) is 16.6. The first-order chi connectivity index (χ1) is 37.5. The van der Waals surface area contributed by atoms with Crippen molar-refractivity contribution in [2.45, 2.75) is 411 Å². The van der Waals surface area contributed by atoms with Gasteiger partial charge in [-0.15, -0.1) is 0 Å². The molecule has 0 fully saturated rings. The molecule has 0 aromatic carbocycles. The van der Waals surface area contributed by atoms with Crippen molar-refractivity contribution in [2.24, 2.45) is 0 Å². The van der Waals surface area contributed by atoms with Gasteiger partial charge in [0.1, 0.15) is 0 Å². The zero-order chi connectivity index (χ0) is 55.0. The lowest BCUT2D eigenvalue weighted by atomic mass is 10.0. The summed E-state index contributed by atoms with van der Waals surface area (Å²) >= 11 is 0. The van der Waals surface area contributed by atoms with Crippen LogP contribution in [0, 0.1) is 0 Å². The van der Waals surface area contributed by atoms with Crippen LogP contribution >= 0.6 is 0 Å². The fourth-order valence-electron chi connectivity index (χ4n) is 11.2. The first-order valence-corrected chi connectivity index (χ1v) is 34.9. The summed E-state index contributed by atoms with van der Waals surface area (Å²) in [5.41, 5.74) is 0. The second-order valence-electron chi connectivity index (χ2n) is 24.2. The van der Waals surface area contributed by atoms with E-state index in [1.54, 1.807) is 0 Å². The van der Waals surface area contributed by atoms with Crippen molar-refractivity contribution < 1.29 is 24.5 Å². The van der Waals surface area contributed by atoms with Gasteiger partial charge in [-0.1, -0.05) is 347 Å². The summed E-state index contributed by atoms with van der Waals surface area (Å²) in [6.07, 6.45) is 81.4. The van der Waals surface area contributed by atoms with Crippen LogP contribution in [-0.2, 0) is 14.3 Å². The number of hydrogen-bond donors (Lipinski definition) is 3. The van der Waals surface area contributed by atoms with E-state index in [2.05, 4.69) is 31.3 Å². The summed E-state index contributed by atoms with van der Waals surface area (Å²) in [7, 11) is 0. The summed E-state index contributed by atoms with van der Waals surface area (Å²) in [4.78, 5) is 24.5. The number of hydrogen-bond acceptors (Lipinski definition) is 5. The molecule has 0 aliphatic carbocycles. The Morgan fingerprint density at radius 1 is 0.355 bits per heavy atom. The van der Waals surface area contributed by atoms with Gasteiger partial charge in [-0.2, -0.15) is 0 Å². The average molecular weight is 1070 g/mol. The SMILES string of the molecule is CCCCCCCCCCCCCCCCCCCC(=O)OCCCCCCCCCCCCCC/C=C\CCCCCCCCCCCCCCCCCCCC(=O)NC(CO)C(O)CCCCCCCCCCC. The second-order valence-corrected chi connectivity index (χ2v) is 24.2. The lowest BCUT2D eigenvalue weighted by molar-refractivity contribution is -0.143. The van der Waals surface area contributed by atoms with Crippen LogP contribution in [0.25, 0.3) is 0 Å². The predicted molar refractivity (Wildman–Crippen MR) is 333 cm³/mol. The highest BCUT2D eigenvalue weighted by Gasteiger charge is 2.20. The third-order valence-corrected chi connectivity index (χ3v) is 16.6. The van der Waals surface area contributed by atoms with Crippen molar-refractivity contribution in [1.29, 1.82) is 0 Å². The molecule has 2 atom stereocenters. The van der Waals surface area contributed by atoms with Gasteiger partial charge in [0.15, 0.2) is 0 Å². The van der Waals surface area contributed by atoms with Crippen LogP contribution in [0.4, 0.5) is 0 Å². The maximum Gasteiger partial charge on any atom is 0.305 e. The van der Waals surface area contributed by atoms with E-state index in [0.29, 0.717) is 25.9 Å². The van der Waals surface area contributed by atoms with E-state index in [1.807, 2.05) is 0 Å². The molecule has 0 aliphatic rings. The minimum atomic E-state index is -0.659. The van der Waals surface area contributed by atoms with Gasteiger partial charge in [0.25, 0.3) is 0 Å². The molecular weight excluding hydrogens is 935 g/mol. The Balaban J connectivity index is 3.30. The largest absolute Gasteiger partial charge is 0.466 e. The predicted octanol–water partition coefficient (Wildman–Crippen LogP) is 22.4. The molecule has 3 N–H and O–H groups in total. The summed E-state index contributed by atoms with van der Waals surface area (Å²) < 4.78 is 5.51. The second kappa shape index (κ2) is 66.1. The highest BCUT2D eigenvalue weighted by atomic mass is 16.5. The normalized spacial score (nSPS) is 12.5. The molecule has 0 aliphatic heterocycles. The summed E-state index contributed by atoms with van der Waals surface area (Å²) in [6, 6.07) is -0.536. The Labute approximate surface area is 476 Å². The number of rotatable bonds is 66. The molecule has 6 heteroatoms. The molecule has 0 spiro atoms. The van der Waals surface area contributed by atoms with Crippen molar-refractivity contribution in [1.82, 2.24) is 5.32 Å². The molecule has 2 unspecified atom stereocenters. The summed E-state index contributed by atoms with van der Waals surface area (Å²) in [6.45, 7) is 4.97. The smallest absolute Gasteiger partial charge is 0.305 e. The zero-order valence-electron chi connectivity index (χ0n) is 51.8. The number of unbranched alkanes of at least 4 members (excludes halogenated alkanes) is 53. The minimum Gasteiger partial charge on any atom is -0.466 e. The van der Waals surface area contributed by atoms with Crippen LogP contribution in [-0.4, -0.2) is 47.4 Å². The van der Waals surface area contributed by atoms with E-state index < -0.39 is 12.1 Å². The molecule has 0 heterocycles. The molecule has 6 nitrogen and oxygen atoms in total. The molecular formula is C70H137NO5. The number of aliphatic hydroxyl groups excluding tert-OH is 2. The van der Waals surface area contributed by atoms with Crippen molar-refractivity contribution >= 4 is 11.9 Å². The first kappa shape index (κ1) is 74.6. The van der Waals surface area contributed by atoms with Crippen molar-refractivity contribution in [3.05, 3.63) is 12.2 Å². The highest BCUT2D eigenvalue weighted by Crippen LogP contribution is 2.19. The van der Waals surface area contributed by atoms with Gasteiger partial charge in [-0.3, -0.25) is 9.59 Å². The van der Waals surface area contributed by atoms with Crippen LogP contribution in [0.2, 0.25) is 0 Å². The molecule has 0 saturated carbocycles. The quantitative estimate of drug-likeness (QED) is 0.0320. The van der Waals surface area contributed by atoms with E-state index in [4.69, 9.17) is 4.74 Å². The van der Waals surface area contributed by atoms with Gasteiger partial charge in [0.2, 0.25) is 5.91 Å². The number of carbonyl (C=O) groups excluding carboxylic acids is 2. The van der Waals surface area contributed by atoms with E-state index in [0.717, 1.165) is 38.5 Å². The number of aliphatic hydroxyl groups is 2. The van der Waals surface area contributed by atoms with E-state index in [1.165, 1.54) is 327 Å². The van der Waals surface area contributed by atoms with E-state index >= 15 is 0 Å². The molecule has 452 valence electrons. The number of allylic oxidation sites excluding steroid dienone is 2. The van der Waals surface area contributed by atoms with Gasteiger partial charge in [-0.05, 0) is 51.4 Å². The van der Waals surface area contributed by atoms with Gasteiger partial charge in [-0.25, -0.2) is 0 Å². The van der Waals surface area contributed by atoms with Gasteiger partial charge < -0.3 is 20.3 Å². The highest BCUT2D eigenvalue weighted by molar-refractivity contribution is 5.76. The summed E-state index contributed by atoms with van der Waals surface area (Å²) in [5, 5.41) is 23.1. The Morgan fingerprint density at radius 2 is 0.618 bits per heavy atom. The maximum absolute atomic E-state index is 12.4. The molecule has 0 aromatic rings. The van der Waals surface area contributed by atoms with Gasteiger partial charge in [0, 0.05) is 12.8 Å². The standard InChI is InChI=1S/C70H137NO5/c1-3-5-7-9-11-13-14-15-16-34-38-41-44-48-52-56-60-64-70(75)76-65-61-57-53-49-45-42-39-36-33-31-29-27-25-23-21-19-17-18-20-22-24-26-28-30-32-35-37-40-43-47-51-55-59-63-69(74)71-67(66-72)68(73)62-58-54-50-46-12-10-8-6-4-2/h21,23,67-68,72-73H,3-20,22,24-66H2,1-2H3,(H,71,74)/b23-21-. The molecule has 0 saturated heterocycles. The number of nitrogens with one attached hydrogen (secondary N) is 1. The number of amides is 1. The van der Waals surface area contributed by atoms with E-state index in [9.17, 15) is 19.8 Å². The average Bonchev–Trinajstić information content (AvgIpc) is 3.42. The fraction of sp³-hybridized carbons (Fsp3) is 0.943.